The van der Waals surface area contributed by atoms with Crippen LogP contribution in [0.15, 0.2) is 34.0 Å². The molecule has 4 fully saturated rings. The number of rotatable bonds is 7. The number of morpholine rings is 1. The first kappa shape index (κ1) is 26.0. The summed E-state index contributed by atoms with van der Waals surface area (Å²) in [6.45, 7) is 11.3. The zero-order valence-electron chi connectivity index (χ0n) is 22.3. The van der Waals surface area contributed by atoms with Crippen LogP contribution in [0.2, 0.25) is 0 Å². The molecule has 37 heavy (non-hydrogen) atoms. The quantitative estimate of drug-likeness (QED) is 0.497. The molecule has 0 aromatic carbocycles. The van der Waals surface area contributed by atoms with Gasteiger partial charge in [0.2, 0.25) is 0 Å². The van der Waals surface area contributed by atoms with E-state index in [9.17, 15) is 0 Å². The molecule has 0 radical (unpaired) electrons. The Kier molecular flexibility index (Phi) is 7.78. The van der Waals surface area contributed by atoms with Gasteiger partial charge in [0, 0.05) is 25.7 Å². The van der Waals surface area contributed by atoms with Crippen LogP contribution >= 0.6 is 11.8 Å². The summed E-state index contributed by atoms with van der Waals surface area (Å²) < 4.78 is 25.2. The lowest BCUT2D eigenvalue weighted by molar-refractivity contribution is -0.191. The van der Waals surface area contributed by atoms with Gasteiger partial charge < -0.3 is 23.8 Å². The van der Waals surface area contributed by atoms with Gasteiger partial charge in [-0.05, 0) is 65.0 Å². The van der Waals surface area contributed by atoms with E-state index in [0.29, 0.717) is 6.04 Å². The van der Waals surface area contributed by atoms with E-state index in [1.165, 1.54) is 32.4 Å². The smallest absolute Gasteiger partial charge is 0.164 e. The number of ether oxygens (including phenoxy) is 4. The molecule has 6 aliphatic heterocycles. The first-order valence-corrected chi connectivity index (χ1v) is 15.1. The second-order valence-electron chi connectivity index (χ2n) is 11.2. The van der Waals surface area contributed by atoms with Crippen molar-refractivity contribution in [2.24, 2.45) is 10.1 Å². The minimum Gasteiger partial charge on any atom is -0.379 e. The van der Waals surface area contributed by atoms with E-state index in [-0.39, 0.29) is 30.5 Å². The molecule has 6 aliphatic rings. The molecule has 0 aromatic rings. The summed E-state index contributed by atoms with van der Waals surface area (Å²) in [5.41, 5.74) is 1.02. The topological polar surface area (TPSA) is 71.4 Å². The summed E-state index contributed by atoms with van der Waals surface area (Å²) in [5.74, 6) is -0.613. The van der Waals surface area contributed by atoms with Crippen molar-refractivity contribution in [3.05, 3.63) is 23.9 Å². The Bertz CT molecular complexity index is 949. The molecule has 0 amide bonds. The van der Waals surface area contributed by atoms with Gasteiger partial charge in [-0.15, -0.1) is 11.8 Å². The van der Waals surface area contributed by atoms with Crippen molar-refractivity contribution in [1.82, 2.24) is 14.8 Å². The zero-order valence-corrected chi connectivity index (χ0v) is 23.1. The van der Waals surface area contributed by atoms with Gasteiger partial charge in [0.15, 0.2) is 5.79 Å². The third-order valence-corrected chi connectivity index (χ3v) is 9.16. The molecule has 0 saturated carbocycles. The van der Waals surface area contributed by atoms with E-state index in [1.54, 1.807) is 18.1 Å². The molecule has 204 valence electrons. The van der Waals surface area contributed by atoms with Gasteiger partial charge in [0.25, 0.3) is 0 Å². The number of likely N-dealkylation sites (tertiary alicyclic amines) is 1. The van der Waals surface area contributed by atoms with Crippen LogP contribution in [0, 0.1) is 0 Å². The van der Waals surface area contributed by atoms with E-state index in [2.05, 4.69) is 38.1 Å². The summed E-state index contributed by atoms with van der Waals surface area (Å²) in [6.07, 6.45) is 14.4. The van der Waals surface area contributed by atoms with E-state index in [4.69, 9.17) is 18.9 Å². The molecule has 10 heteroatoms. The largest absolute Gasteiger partial charge is 0.379 e. The van der Waals surface area contributed by atoms with Gasteiger partial charge in [0.1, 0.15) is 29.7 Å². The van der Waals surface area contributed by atoms with Crippen LogP contribution in [0.4, 0.5) is 0 Å². The fourth-order valence-electron chi connectivity index (χ4n) is 6.68. The summed E-state index contributed by atoms with van der Waals surface area (Å²) >= 11 is 1.63. The molecule has 4 saturated heterocycles. The van der Waals surface area contributed by atoms with Crippen LogP contribution in [0.25, 0.3) is 0 Å². The molecule has 0 N–H and O–H groups in total. The molecule has 9 nitrogen and oxygen atoms in total. The van der Waals surface area contributed by atoms with Crippen molar-refractivity contribution in [3.8, 4) is 0 Å². The van der Waals surface area contributed by atoms with Crippen LogP contribution in [0.5, 0.6) is 0 Å². The number of hydrazone groups is 1. The Morgan fingerprint density at radius 3 is 2.73 bits per heavy atom. The Morgan fingerprint density at radius 1 is 1.05 bits per heavy atom. The van der Waals surface area contributed by atoms with Gasteiger partial charge in [0.05, 0.1) is 31.1 Å². The van der Waals surface area contributed by atoms with E-state index < -0.39 is 5.79 Å². The lowest BCUT2D eigenvalue weighted by atomic mass is 9.98. The molecule has 0 bridgehead atoms. The fourth-order valence-corrected chi connectivity index (χ4v) is 7.21. The van der Waals surface area contributed by atoms with Crippen molar-refractivity contribution in [2.75, 3.05) is 52.2 Å². The van der Waals surface area contributed by atoms with Crippen molar-refractivity contribution < 1.29 is 18.9 Å². The van der Waals surface area contributed by atoms with Crippen LogP contribution in [-0.4, -0.2) is 121 Å². The van der Waals surface area contributed by atoms with Crippen LogP contribution < -0.4 is 0 Å². The Morgan fingerprint density at radius 2 is 1.89 bits per heavy atom. The highest BCUT2D eigenvalue weighted by atomic mass is 32.2. The zero-order chi connectivity index (χ0) is 25.4. The Labute approximate surface area is 224 Å². The van der Waals surface area contributed by atoms with Gasteiger partial charge in [-0.1, -0.05) is 12.2 Å². The number of fused-ring (bicyclic) bond motifs is 2. The minimum absolute atomic E-state index is 0.00230. The van der Waals surface area contributed by atoms with Gasteiger partial charge in [-0.3, -0.25) is 9.91 Å². The number of nitrogens with zero attached hydrogens (tertiary/aromatic N) is 5. The average Bonchev–Trinajstić information content (AvgIpc) is 3.59. The first-order chi connectivity index (χ1) is 18.0. The number of allylic oxidation sites excluding steroid dienone is 2. The summed E-state index contributed by atoms with van der Waals surface area (Å²) in [4.78, 5) is 9.69. The van der Waals surface area contributed by atoms with Crippen LogP contribution in [-0.2, 0) is 18.9 Å². The standard InChI is InChI=1S/C27H41N5O4S/c1-27(2)35-24-22(10-13-31-11-5-6-19(31)9-12-30-14-16-33-17-15-30)34-23(25(24)36-27)20-7-4-8-21-26(37-3)28-18-29-32(20)21/h4,7-8,18-20,22-25H,5-6,9-17H2,1-3H3/t19-,20?,22+,23-,24+,25-/m0/s1. The summed E-state index contributed by atoms with van der Waals surface area (Å²) in [5, 5.41) is 7.63. The maximum absolute atomic E-state index is 6.79. The molecular weight excluding hydrogens is 490 g/mol. The molecule has 6 heterocycles. The Hall–Kier alpha value is -1.27. The third-order valence-electron chi connectivity index (χ3n) is 8.46. The number of aliphatic imine (C=N–C) groups is 1. The second-order valence-corrected chi connectivity index (χ2v) is 12.0. The Balaban J connectivity index is 1.10. The van der Waals surface area contributed by atoms with E-state index in [1.807, 2.05) is 25.1 Å². The highest BCUT2D eigenvalue weighted by molar-refractivity contribution is 8.13. The molecule has 6 atom stereocenters. The maximum Gasteiger partial charge on any atom is 0.164 e. The molecule has 6 rings (SSSR count). The molecule has 0 spiro atoms. The molecule has 0 aliphatic carbocycles. The predicted molar refractivity (Wildman–Crippen MR) is 146 cm³/mol. The fraction of sp³-hybridized carbons (Fsp3) is 0.778. The van der Waals surface area contributed by atoms with Crippen molar-refractivity contribution >= 4 is 23.1 Å². The normalized spacial score (nSPS) is 37.5. The molecule has 0 aromatic heterocycles. The van der Waals surface area contributed by atoms with Crippen molar-refractivity contribution in [3.63, 3.8) is 0 Å². The molecular formula is C27H41N5O4S. The third kappa shape index (κ3) is 5.44. The van der Waals surface area contributed by atoms with Crippen molar-refractivity contribution in [2.45, 2.75) is 81.8 Å². The summed E-state index contributed by atoms with van der Waals surface area (Å²) in [7, 11) is 0. The van der Waals surface area contributed by atoms with E-state index in [0.717, 1.165) is 50.0 Å². The van der Waals surface area contributed by atoms with Gasteiger partial charge >= 0.3 is 0 Å². The van der Waals surface area contributed by atoms with Gasteiger partial charge in [-0.2, -0.15) is 5.10 Å². The first-order valence-electron chi connectivity index (χ1n) is 13.9. The van der Waals surface area contributed by atoms with E-state index >= 15 is 0 Å². The van der Waals surface area contributed by atoms with Crippen molar-refractivity contribution in [1.29, 1.82) is 0 Å². The monoisotopic (exact) mass is 531 g/mol. The summed E-state index contributed by atoms with van der Waals surface area (Å²) in [6, 6.07) is 0.603. The predicted octanol–water partition coefficient (Wildman–Crippen LogP) is 2.69. The highest BCUT2D eigenvalue weighted by Gasteiger charge is 2.57. The highest BCUT2D eigenvalue weighted by Crippen LogP contribution is 2.43. The lowest BCUT2D eigenvalue weighted by Crippen LogP contribution is -2.48. The molecule has 1 unspecified atom stereocenters. The van der Waals surface area contributed by atoms with Gasteiger partial charge in [-0.25, -0.2) is 4.99 Å². The van der Waals surface area contributed by atoms with Crippen LogP contribution in [0.1, 0.15) is 39.5 Å². The number of hydrogen-bond donors (Lipinski definition) is 0. The minimum atomic E-state index is -0.613. The SMILES string of the molecule is CSC1=NC=NN2C1=CC=CC2[C@@H]1O[C@H](CCN2CCC[C@H]2CCN2CCOCC2)[C@H]2OC(C)(C)O[C@H]21. The number of hydrogen-bond acceptors (Lipinski definition) is 10. The van der Waals surface area contributed by atoms with Crippen LogP contribution in [0.3, 0.4) is 0 Å². The average molecular weight is 532 g/mol. The maximum atomic E-state index is 6.79. The lowest BCUT2D eigenvalue weighted by Gasteiger charge is -2.37. The number of thioether (sulfide) groups is 1. The second kappa shape index (κ2) is 11.1.